The van der Waals surface area contributed by atoms with Gasteiger partial charge in [0.05, 0.1) is 18.8 Å². The Kier molecular flexibility index (Phi) is 5.23. The molecule has 146 valence electrons. The van der Waals surface area contributed by atoms with Crippen molar-refractivity contribution in [2.45, 2.75) is 37.8 Å². The van der Waals surface area contributed by atoms with E-state index in [1.54, 1.807) is 6.92 Å². The molecule has 0 unspecified atom stereocenters. The van der Waals surface area contributed by atoms with Crippen LogP contribution in [-0.4, -0.2) is 50.4 Å². The number of rotatable bonds is 4. The SMILES string of the molecule is Cc1nnc(-c2ccc(-c3ccc([C@H]4O[C@H](CO)C[C@H](O)[C@@H]4O)cc3)cc2)o1. The molecule has 0 bridgehead atoms. The molecule has 0 spiro atoms. The second-order valence-corrected chi connectivity index (χ2v) is 6.98. The number of hydrogen-bond donors (Lipinski definition) is 3. The summed E-state index contributed by atoms with van der Waals surface area (Å²) in [6.07, 6.45) is -2.87. The first-order valence-corrected chi connectivity index (χ1v) is 9.18. The van der Waals surface area contributed by atoms with Gasteiger partial charge >= 0.3 is 0 Å². The fourth-order valence-electron chi connectivity index (χ4n) is 3.43. The summed E-state index contributed by atoms with van der Waals surface area (Å²) in [7, 11) is 0. The van der Waals surface area contributed by atoms with Gasteiger partial charge in [0, 0.05) is 18.9 Å². The summed E-state index contributed by atoms with van der Waals surface area (Å²) in [4.78, 5) is 0. The van der Waals surface area contributed by atoms with Crippen molar-refractivity contribution >= 4 is 0 Å². The maximum absolute atomic E-state index is 10.3. The molecule has 3 aromatic rings. The van der Waals surface area contributed by atoms with Gasteiger partial charge < -0.3 is 24.5 Å². The second kappa shape index (κ2) is 7.81. The monoisotopic (exact) mass is 382 g/mol. The molecule has 2 heterocycles. The molecule has 1 aliphatic heterocycles. The molecule has 0 radical (unpaired) electrons. The zero-order chi connectivity index (χ0) is 19.7. The standard InChI is InChI=1S/C21H22N2O5/c1-12-22-23-21(27-12)16-8-4-14(5-9-16)13-2-6-15(7-3-13)20-19(26)18(25)10-17(11-24)28-20/h2-9,17-20,24-26H,10-11H2,1H3/t17-,18-,19-,20+/m0/s1. The van der Waals surface area contributed by atoms with E-state index in [1.165, 1.54) is 0 Å². The van der Waals surface area contributed by atoms with E-state index in [0.29, 0.717) is 11.8 Å². The minimum atomic E-state index is -1.02. The summed E-state index contributed by atoms with van der Waals surface area (Å²) < 4.78 is 11.2. The maximum atomic E-state index is 10.3. The van der Waals surface area contributed by atoms with Crippen molar-refractivity contribution in [1.82, 2.24) is 10.2 Å². The Bertz CT molecular complexity index is 923. The van der Waals surface area contributed by atoms with Crippen LogP contribution in [0.25, 0.3) is 22.6 Å². The molecule has 0 amide bonds. The molecule has 1 fully saturated rings. The molecule has 4 rings (SSSR count). The van der Waals surface area contributed by atoms with Crippen LogP contribution in [0.2, 0.25) is 0 Å². The molecule has 28 heavy (non-hydrogen) atoms. The van der Waals surface area contributed by atoms with Crippen molar-refractivity contribution in [2.24, 2.45) is 0 Å². The van der Waals surface area contributed by atoms with Gasteiger partial charge in [0.2, 0.25) is 11.8 Å². The quantitative estimate of drug-likeness (QED) is 0.635. The molecule has 1 aromatic heterocycles. The van der Waals surface area contributed by atoms with Gasteiger partial charge in [0.25, 0.3) is 0 Å². The normalized spacial score (nSPS) is 25.0. The zero-order valence-corrected chi connectivity index (χ0v) is 15.4. The highest BCUT2D eigenvalue weighted by atomic mass is 16.5. The molecule has 1 saturated heterocycles. The number of aromatic nitrogens is 2. The van der Waals surface area contributed by atoms with Crippen molar-refractivity contribution in [3.8, 4) is 22.6 Å². The van der Waals surface area contributed by atoms with Gasteiger partial charge in [0.1, 0.15) is 12.2 Å². The lowest BCUT2D eigenvalue weighted by Crippen LogP contribution is -2.44. The van der Waals surface area contributed by atoms with E-state index < -0.39 is 24.4 Å². The van der Waals surface area contributed by atoms with Gasteiger partial charge in [-0.25, -0.2) is 0 Å². The Balaban J connectivity index is 1.53. The number of aliphatic hydroxyl groups excluding tert-OH is 3. The van der Waals surface area contributed by atoms with Crippen LogP contribution in [0.15, 0.2) is 52.9 Å². The van der Waals surface area contributed by atoms with Gasteiger partial charge in [-0.15, -0.1) is 10.2 Å². The van der Waals surface area contributed by atoms with Crippen molar-refractivity contribution in [3.05, 3.63) is 60.0 Å². The van der Waals surface area contributed by atoms with Crippen LogP contribution in [0.3, 0.4) is 0 Å². The lowest BCUT2D eigenvalue weighted by atomic mass is 9.92. The largest absolute Gasteiger partial charge is 0.421 e. The highest BCUT2D eigenvalue weighted by Crippen LogP contribution is 2.33. The van der Waals surface area contributed by atoms with Crippen molar-refractivity contribution in [3.63, 3.8) is 0 Å². The smallest absolute Gasteiger partial charge is 0.247 e. The summed E-state index contributed by atoms with van der Waals surface area (Å²) in [6.45, 7) is 1.56. The van der Waals surface area contributed by atoms with E-state index in [2.05, 4.69) is 10.2 Å². The Morgan fingerprint density at radius 1 is 0.929 bits per heavy atom. The predicted molar refractivity (Wildman–Crippen MR) is 101 cm³/mol. The first kappa shape index (κ1) is 18.8. The molecule has 1 aliphatic rings. The van der Waals surface area contributed by atoms with Gasteiger partial charge in [-0.2, -0.15) is 0 Å². The molecular weight excluding hydrogens is 360 g/mol. The van der Waals surface area contributed by atoms with Crippen molar-refractivity contribution < 1.29 is 24.5 Å². The summed E-state index contributed by atoms with van der Waals surface area (Å²) in [5.41, 5.74) is 3.63. The van der Waals surface area contributed by atoms with Crippen LogP contribution in [0, 0.1) is 6.92 Å². The Hall–Kier alpha value is -2.58. The van der Waals surface area contributed by atoms with E-state index in [0.717, 1.165) is 22.3 Å². The lowest BCUT2D eigenvalue weighted by molar-refractivity contribution is -0.179. The van der Waals surface area contributed by atoms with Crippen molar-refractivity contribution in [1.29, 1.82) is 0 Å². The number of aryl methyl sites for hydroxylation is 1. The van der Waals surface area contributed by atoms with Crippen LogP contribution in [-0.2, 0) is 4.74 Å². The summed E-state index contributed by atoms with van der Waals surface area (Å²) in [5.74, 6) is 1.01. The van der Waals surface area contributed by atoms with Crippen molar-refractivity contribution in [2.75, 3.05) is 6.61 Å². The third-order valence-electron chi connectivity index (χ3n) is 4.98. The summed E-state index contributed by atoms with van der Waals surface area (Å²) in [6, 6.07) is 15.4. The van der Waals surface area contributed by atoms with E-state index in [9.17, 15) is 15.3 Å². The molecule has 4 atom stereocenters. The Morgan fingerprint density at radius 3 is 2.11 bits per heavy atom. The number of ether oxygens (including phenoxy) is 1. The Labute approximate surface area is 162 Å². The summed E-state index contributed by atoms with van der Waals surface area (Å²) >= 11 is 0. The minimum absolute atomic E-state index is 0.190. The maximum Gasteiger partial charge on any atom is 0.247 e. The number of aliphatic hydroxyl groups is 3. The first-order chi connectivity index (χ1) is 13.5. The summed E-state index contributed by atoms with van der Waals surface area (Å²) in [5, 5.41) is 37.4. The van der Waals surface area contributed by atoms with Crippen LogP contribution in [0.5, 0.6) is 0 Å². The van der Waals surface area contributed by atoms with Gasteiger partial charge in [-0.1, -0.05) is 36.4 Å². The van der Waals surface area contributed by atoms with Gasteiger partial charge in [-0.05, 0) is 28.8 Å². The van der Waals surface area contributed by atoms with Crippen LogP contribution in [0.1, 0.15) is 24.0 Å². The fourth-order valence-corrected chi connectivity index (χ4v) is 3.43. The highest BCUT2D eigenvalue weighted by Gasteiger charge is 2.37. The van der Waals surface area contributed by atoms with Crippen LogP contribution in [0.4, 0.5) is 0 Å². The lowest BCUT2D eigenvalue weighted by Gasteiger charge is -2.36. The van der Waals surface area contributed by atoms with E-state index in [-0.39, 0.29) is 13.0 Å². The Morgan fingerprint density at radius 2 is 1.54 bits per heavy atom. The molecule has 3 N–H and O–H groups in total. The van der Waals surface area contributed by atoms with E-state index >= 15 is 0 Å². The predicted octanol–water partition coefficient (Wildman–Crippen LogP) is 2.26. The van der Waals surface area contributed by atoms with Gasteiger partial charge in [0.15, 0.2) is 0 Å². The third-order valence-corrected chi connectivity index (χ3v) is 4.98. The molecule has 2 aromatic carbocycles. The molecule has 7 heteroatoms. The van der Waals surface area contributed by atoms with Gasteiger partial charge in [-0.3, -0.25) is 0 Å². The fraction of sp³-hybridized carbons (Fsp3) is 0.333. The average molecular weight is 382 g/mol. The first-order valence-electron chi connectivity index (χ1n) is 9.18. The second-order valence-electron chi connectivity index (χ2n) is 6.98. The molecule has 0 aliphatic carbocycles. The van der Waals surface area contributed by atoms with E-state index in [1.807, 2.05) is 48.5 Å². The molecule has 0 saturated carbocycles. The zero-order valence-electron chi connectivity index (χ0n) is 15.4. The number of benzene rings is 2. The van der Waals surface area contributed by atoms with E-state index in [4.69, 9.17) is 9.15 Å². The average Bonchev–Trinajstić information content (AvgIpc) is 3.16. The minimum Gasteiger partial charge on any atom is -0.421 e. The topological polar surface area (TPSA) is 109 Å². The number of nitrogens with zero attached hydrogens (tertiary/aromatic N) is 2. The third kappa shape index (κ3) is 3.70. The molecular formula is C21H22N2O5. The van der Waals surface area contributed by atoms with Crippen LogP contribution >= 0.6 is 0 Å². The number of hydrogen-bond acceptors (Lipinski definition) is 7. The molecule has 7 nitrogen and oxygen atoms in total. The highest BCUT2D eigenvalue weighted by molar-refractivity contribution is 5.67. The van der Waals surface area contributed by atoms with Crippen LogP contribution < -0.4 is 0 Å².